The summed E-state index contributed by atoms with van der Waals surface area (Å²) in [6.07, 6.45) is -26.2. The van der Waals surface area contributed by atoms with E-state index in [1.165, 1.54) is 64.9 Å². The van der Waals surface area contributed by atoms with Crippen molar-refractivity contribution in [3.05, 3.63) is 88.1 Å². The second kappa shape index (κ2) is 29.2. The fourth-order valence-corrected chi connectivity index (χ4v) is 9.29. The molecule has 4 heterocycles. The molecule has 33 nitrogen and oxygen atoms in total. The van der Waals surface area contributed by atoms with Gasteiger partial charge in [0.25, 0.3) is 0 Å². The molecule has 0 aromatic heterocycles. The lowest BCUT2D eigenvalue weighted by molar-refractivity contribution is -0.278. The summed E-state index contributed by atoms with van der Waals surface area (Å²) in [5.74, 6) is -10.5. The van der Waals surface area contributed by atoms with Crippen LogP contribution in [0.15, 0.2) is 76.0 Å². The number of rotatable bonds is 23. The molecule has 3 aromatic rings. The standard InChI is InChI=1S/C58H62O33/c1-78-30-9-22(10-31(79-2)44(30)67)5-7-40(63)82-19-36-46(69)49(72)52(75)56(89-36)85-25-15-27(59)26-17-35(88-58-54(77)51(74)48(71)38(91-58)21-84-42(65)18-39(61)62)55(86-29(26)16-25)24-13-28(60)43(66)34(14-24)87-57-53(76)50(73)47(70)37(90-57)20-83-41(64)8-6-23-11-32(80-3)45(68)33(12-23)81-4/h5-17,36-38,46-54,56-58,60,66-77H,18-21H2,1-4H3,(H,61,62)/t36-,37-,38-,46-,47-,48-,49+,50+,51+,52-,53-,54-,56-,57-,58-/m1/s1. The van der Waals surface area contributed by atoms with Crippen LogP contribution in [-0.2, 0) is 47.6 Å². The molecule has 0 radical (unpaired) electrons. The molecule has 3 fully saturated rings. The number of benzene rings is 4. The highest BCUT2D eigenvalue weighted by molar-refractivity contribution is 5.90. The second-order valence-electron chi connectivity index (χ2n) is 20.2. The van der Waals surface area contributed by atoms with Crippen LogP contribution in [0.25, 0.3) is 34.8 Å². The zero-order valence-corrected chi connectivity index (χ0v) is 48.0. The van der Waals surface area contributed by atoms with Crippen molar-refractivity contribution in [2.24, 2.45) is 0 Å². The van der Waals surface area contributed by atoms with Gasteiger partial charge in [0.15, 0.2) is 51.4 Å². The van der Waals surface area contributed by atoms with Crippen LogP contribution < -0.4 is 38.6 Å². The first-order chi connectivity index (χ1) is 43.2. The monoisotopic (exact) mass is 1290 g/mol. The van der Waals surface area contributed by atoms with Gasteiger partial charge in [-0.2, -0.15) is 0 Å². The normalized spacial score (nSPS) is 26.6. The average molecular weight is 1290 g/mol. The molecule has 1 aliphatic carbocycles. The molecule has 492 valence electrons. The van der Waals surface area contributed by atoms with E-state index in [0.717, 1.165) is 42.5 Å². The van der Waals surface area contributed by atoms with Gasteiger partial charge in [-0.05, 0) is 65.7 Å². The van der Waals surface area contributed by atoms with Crippen molar-refractivity contribution in [3.8, 4) is 85.9 Å². The van der Waals surface area contributed by atoms with E-state index in [1.54, 1.807) is 0 Å². The molecule has 0 bridgehead atoms. The Bertz CT molecular complexity index is 3480. The van der Waals surface area contributed by atoms with Crippen molar-refractivity contribution in [1.82, 2.24) is 0 Å². The molecular formula is C58H62O33. The van der Waals surface area contributed by atoms with Crippen LogP contribution in [0.2, 0.25) is 0 Å². The molecule has 3 saturated heterocycles. The number of aromatic hydroxyl groups is 4. The Labute approximate surface area is 512 Å². The maximum atomic E-state index is 14.0. The minimum atomic E-state index is -2.18. The number of aliphatic hydroxyl groups excluding tert-OH is 9. The Morgan fingerprint density at radius 2 is 0.890 bits per heavy atom. The van der Waals surface area contributed by atoms with E-state index < -0.39 is 199 Å². The maximum Gasteiger partial charge on any atom is 0.330 e. The molecule has 91 heavy (non-hydrogen) atoms. The predicted molar refractivity (Wildman–Crippen MR) is 298 cm³/mol. The fourth-order valence-electron chi connectivity index (χ4n) is 9.29. The van der Waals surface area contributed by atoms with Gasteiger partial charge >= 0.3 is 23.9 Å². The summed E-state index contributed by atoms with van der Waals surface area (Å²) in [4.78, 5) is 62.9. The van der Waals surface area contributed by atoms with Crippen molar-refractivity contribution >= 4 is 36.0 Å². The van der Waals surface area contributed by atoms with Gasteiger partial charge in [0, 0.05) is 29.8 Å². The Morgan fingerprint density at radius 3 is 1.32 bits per heavy atom. The van der Waals surface area contributed by atoms with Crippen LogP contribution in [-0.4, -0.2) is 236 Å². The number of carboxylic acids is 1. The molecule has 8 rings (SSSR count). The first kappa shape index (κ1) is 67.7. The molecule has 14 N–H and O–H groups in total. The number of phenols is 4. The van der Waals surface area contributed by atoms with Crippen LogP contribution >= 0.6 is 0 Å². The predicted octanol–water partition coefficient (Wildman–Crippen LogP) is -1.64. The van der Waals surface area contributed by atoms with E-state index in [1.807, 2.05) is 0 Å². The Balaban J connectivity index is 1.08. The molecule has 5 aliphatic rings. The third kappa shape index (κ3) is 15.5. The molecule has 0 saturated carbocycles. The lowest BCUT2D eigenvalue weighted by Crippen LogP contribution is -2.60. The van der Waals surface area contributed by atoms with E-state index in [9.17, 15) is 90.4 Å². The number of methoxy groups -OCH3 is 4. The highest BCUT2D eigenvalue weighted by atomic mass is 16.7. The van der Waals surface area contributed by atoms with Crippen molar-refractivity contribution in [3.63, 3.8) is 0 Å². The van der Waals surface area contributed by atoms with E-state index >= 15 is 0 Å². The molecule has 0 spiro atoms. The minimum absolute atomic E-state index is 0.0104. The smallest absolute Gasteiger partial charge is 0.330 e. The number of aliphatic hydroxyl groups is 9. The lowest BCUT2D eigenvalue weighted by atomic mass is 9.99. The summed E-state index contributed by atoms with van der Waals surface area (Å²) in [5.41, 5.74) is -1.13. The topological polar surface area (TPSA) is 502 Å². The van der Waals surface area contributed by atoms with Crippen LogP contribution in [0, 0.1) is 0 Å². The van der Waals surface area contributed by atoms with Crippen molar-refractivity contribution < 1.29 is 157 Å². The van der Waals surface area contributed by atoms with E-state index in [0.29, 0.717) is 11.1 Å². The van der Waals surface area contributed by atoms with Gasteiger partial charge in [0.2, 0.25) is 36.1 Å². The van der Waals surface area contributed by atoms with Gasteiger partial charge in [-0.1, -0.05) is 0 Å². The number of aliphatic carboxylic acids is 1. The zero-order valence-electron chi connectivity index (χ0n) is 48.0. The van der Waals surface area contributed by atoms with E-state index in [-0.39, 0.29) is 34.5 Å². The zero-order chi connectivity index (χ0) is 66.3. The number of carbonyl (C=O) groups is 4. The number of ether oxygens (including phenoxy) is 13. The highest BCUT2D eigenvalue weighted by Crippen LogP contribution is 2.46. The van der Waals surface area contributed by atoms with Gasteiger partial charge in [-0.15, -0.1) is 0 Å². The summed E-state index contributed by atoms with van der Waals surface area (Å²) in [6.45, 7) is -2.46. The number of hydrogen-bond donors (Lipinski definition) is 14. The number of hydrogen-bond acceptors (Lipinski definition) is 32. The summed E-state index contributed by atoms with van der Waals surface area (Å²) < 4.78 is 76.6. The Kier molecular flexibility index (Phi) is 21.7. The molecular weight excluding hydrogens is 1220 g/mol. The van der Waals surface area contributed by atoms with Gasteiger partial charge in [0.1, 0.15) is 111 Å². The molecule has 4 aliphatic heterocycles. The van der Waals surface area contributed by atoms with Gasteiger partial charge in [0.05, 0.1) is 34.0 Å². The number of phenolic OH excluding ortho intramolecular Hbond substituents is 4. The van der Waals surface area contributed by atoms with E-state index in [2.05, 4.69) is 0 Å². The minimum Gasteiger partial charge on any atom is -0.504 e. The Hall–Kier alpha value is -9.23. The third-order valence-electron chi connectivity index (χ3n) is 14.2. The van der Waals surface area contributed by atoms with Gasteiger partial charge in [-0.25, -0.2) is 9.59 Å². The second-order valence-corrected chi connectivity index (χ2v) is 20.2. The molecule has 0 amide bonds. The van der Waals surface area contributed by atoms with Gasteiger partial charge in [-0.3, -0.25) is 14.4 Å². The third-order valence-corrected chi connectivity index (χ3v) is 14.2. The largest absolute Gasteiger partial charge is 0.504 e. The number of esters is 3. The number of carbonyl (C=O) groups excluding carboxylic acids is 3. The van der Waals surface area contributed by atoms with Crippen molar-refractivity contribution in [2.75, 3.05) is 48.3 Å². The molecule has 15 atom stereocenters. The molecule has 0 unspecified atom stereocenters. The first-order valence-corrected chi connectivity index (χ1v) is 27.0. The van der Waals surface area contributed by atoms with Crippen LogP contribution in [0.4, 0.5) is 0 Å². The Morgan fingerprint density at radius 1 is 0.473 bits per heavy atom. The van der Waals surface area contributed by atoms with E-state index in [4.69, 9.17) is 71.1 Å². The number of carboxylic acid groups (broad SMARTS) is 1. The van der Waals surface area contributed by atoms with Crippen LogP contribution in [0.3, 0.4) is 0 Å². The summed E-state index contributed by atoms with van der Waals surface area (Å²) in [6, 6.07) is 10.0. The summed E-state index contributed by atoms with van der Waals surface area (Å²) in [5, 5.41) is 150. The van der Waals surface area contributed by atoms with Crippen molar-refractivity contribution in [1.29, 1.82) is 0 Å². The SMILES string of the molecule is COc1cc(C=CC(=O)OC[C@H]2O[C@@H](Oc3cc4oc(-c5cc(O)c(O)c(O[C@@H]6O[C@H](COC(=O)C=Cc7cc(OC)c(O)c(OC)c7)[C@@H](O)[C@H](O)[C@H]6O)c5)c(O[C@@H]5O[C@H](COC(=O)CC(=O)O)[C@@H](O)[C@H](O)[C@H]5O)cc-4c(=O)c3)[C@H](O)[C@@H](O)[C@@H]2O)cc(OC)c1O. The van der Waals surface area contributed by atoms with Crippen LogP contribution in [0.1, 0.15) is 17.5 Å². The summed E-state index contributed by atoms with van der Waals surface area (Å²) in [7, 11) is 5.15. The number of fused-ring (bicyclic) bond motifs is 1. The first-order valence-electron chi connectivity index (χ1n) is 27.0. The fraction of sp³-hybridized carbons (Fsp3) is 0.397. The maximum absolute atomic E-state index is 14.0. The van der Waals surface area contributed by atoms with Crippen molar-refractivity contribution in [2.45, 2.75) is 98.5 Å². The molecule has 3 aromatic carbocycles. The van der Waals surface area contributed by atoms with Gasteiger partial charge < -0.3 is 137 Å². The van der Waals surface area contributed by atoms with Crippen LogP contribution in [0.5, 0.6) is 63.2 Å². The quantitative estimate of drug-likeness (QED) is 0.0115. The molecule has 33 heteroatoms. The highest BCUT2D eigenvalue weighted by Gasteiger charge is 2.49. The average Bonchev–Trinajstić information content (AvgIpc) is 0.799. The summed E-state index contributed by atoms with van der Waals surface area (Å²) >= 11 is 0. The lowest BCUT2D eigenvalue weighted by Gasteiger charge is -2.40.